The molecule has 0 spiro atoms. The average molecular weight is 665 g/mol. The number of fused-ring (bicyclic) bond motifs is 2. The van der Waals surface area contributed by atoms with Crippen molar-refractivity contribution in [1.29, 1.82) is 0 Å². The molecule has 1 aliphatic carbocycles. The van der Waals surface area contributed by atoms with E-state index in [1.165, 1.54) is 38.9 Å². The first-order chi connectivity index (χ1) is 23.8. The van der Waals surface area contributed by atoms with Crippen molar-refractivity contribution in [2.45, 2.75) is 43.7 Å². The standard InChI is InChI=1S/C41H48N2O6/c1-42-14-13-24-19-36(45-4)26(15-29(24)34(42)18-25-11-9-10-12-35(25)44-3)16-33-30-17-27-23-43(2)40(32(30)22-39(48-7)41(33)49-8)31-21-38(47-6)37(46-5)20-28(27)31/h9-12,15,19-22,27,34,40H,13-14,16-18,23H2,1-8H3/t27-,34+,40+/m1/s1. The summed E-state index contributed by atoms with van der Waals surface area (Å²) >= 11 is 0. The number of hydrogen-bond acceptors (Lipinski definition) is 8. The van der Waals surface area contributed by atoms with Crippen molar-refractivity contribution >= 4 is 0 Å². The minimum absolute atomic E-state index is 0.0337. The van der Waals surface area contributed by atoms with Crippen LogP contribution in [-0.4, -0.2) is 79.6 Å². The maximum absolute atomic E-state index is 6.20. The van der Waals surface area contributed by atoms with Crippen LogP contribution in [0.1, 0.15) is 68.1 Å². The van der Waals surface area contributed by atoms with Crippen LogP contribution in [-0.2, 0) is 25.7 Å². The molecule has 258 valence electrons. The third-order valence-electron chi connectivity index (χ3n) is 11.1. The summed E-state index contributed by atoms with van der Waals surface area (Å²) in [6, 6.07) is 19.8. The van der Waals surface area contributed by atoms with E-state index in [-0.39, 0.29) is 18.0 Å². The molecule has 3 aliphatic heterocycles. The monoisotopic (exact) mass is 664 g/mol. The summed E-state index contributed by atoms with van der Waals surface area (Å²) in [4.78, 5) is 4.93. The molecule has 49 heavy (non-hydrogen) atoms. The van der Waals surface area contributed by atoms with E-state index >= 15 is 0 Å². The molecule has 4 aliphatic rings. The zero-order valence-corrected chi connectivity index (χ0v) is 30.0. The molecule has 3 atom stereocenters. The van der Waals surface area contributed by atoms with Crippen molar-refractivity contribution in [2.24, 2.45) is 0 Å². The van der Waals surface area contributed by atoms with Gasteiger partial charge in [0, 0.05) is 37.0 Å². The molecule has 3 heterocycles. The highest BCUT2D eigenvalue weighted by Crippen LogP contribution is 2.53. The molecule has 0 saturated carbocycles. The maximum Gasteiger partial charge on any atom is 0.164 e. The van der Waals surface area contributed by atoms with Crippen LogP contribution in [0, 0.1) is 0 Å². The second kappa shape index (κ2) is 13.5. The van der Waals surface area contributed by atoms with Gasteiger partial charge in [0.15, 0.2) is 23.0 Å². The van der Waals surface area contributed by atoms with Crippen LogP contribution in [0.3, 0.4) is 0 Å². The van der Waals surface area contributed by atoms with E-state index in [1.807, 2.05) is 12.1 Å². The van der Waals surface area contributed by atoms with Gasteiger partial charge in [-0.15, -0.1) is 0 Å². The lowest BCUT2D eigenvalue weighted by Gasteiger charge is -2.37. The summed E-state index contributed by atoms with van der Waals surface area (Å²) in [6.45, 7) is 1.92. The molecule has 0 aromatic heterocycles. The number of nitrogens with zero attached hydrogens (tertiary/aromatic N) is 2. The van der Waals surface area contributed by atoms with E-state index in [0.29, 0.717) is 6.42 Å². The van der Waals surface area contributed by atoms with Crippen molar-refractivity contribution in [3.63, 3.8) is 0 Å². The highest BCUT2D eigenvalue weighted by Gasteiger charge is 2.41. The molecular formula is C41H48N2O6. The number of hydrogen-bond donors (Lipinski definition) is 0. The first-order valence-corrected chi connectivity index (χ1v) is 17.1. The van der Waals surface area contributed by atoms with E-state index in [0.717, 1.165) is 78.0 Å². The Labute approximate surface area is 290 Å². The second-order valence-corrected chi connectivity index (χ2v) is 13.5. The topological polar surface area (TPSA) is 61.9 Å². The Morgan fingerprint density at radius 1 is 0.633 bits per heavy atom. The summed E-state index contributed by atoms with van der Waals surface area (Å²) in [5.41, 5.74) is 11.3. The van der Waals surface area contributed by atoms with Gasteiger partial charge < -0.3 is 28.4 Å². The number of likely N-dealkylation sites (N-methyl/N-ethyl adjacent to an activating group) is 2. The number of ether oxygens (including phenoxy) is 6. The van der Waals surface area contributed by atoms with E-state index in [9.17, 15) is 0 Å². The summed E-state index contributed by atoms with van der Waals surface area (Å²) < 4.78 is 35.7. The van der Waals surface area contributed by atoms with Crippen molar-refractivity contribution in [1.82, 2.24) is 9.80 Å². The summed E-state index contributed by atoms with van der Waals surface area (Å²) in [5, 5.41) is 0. The molecule has 2 bridgehead atoms. The van der Waals surface area contributed by atoms with Gasteiger partial charge in [-0.25, -0.2) is 0 Å². The molecule has 0 N–H and O–H groups in total. The Balaban J connectivity index is 1.37. The Bertz CT molecular complexity index is 1870. The second-order valence-electron chi connectivity index (χ2n) is 13.5. The molecule has 0 unspecified atom stereocenters. The Morgan fingerprint density at radius 3 is 2.00 bits per heavy atom. The highest BCUT2D eigenvalue weighted by molar-refractivity contribution is 5.63. The van der Waals surface area contributed by atoms with Gasteiger partial charge in [-0.05, 0) is 114 Å². The minimum atomic E-state index is 0.0337. The average Bonchev–Trinajstić information content (AvgIpc) is 3.35. The largest absolute Gasteiger partial charge is 0.496 e. The van der Waals surface area contributed by atoms with Crippen molar-refractivity contribution in [3.8, 4) is 34.5 Å². The predicted octanol–water partition coefficient (Wildman–Crippen LogP) is 6.78. The third-order valence-corrected chi connectivity index (χ3v) is 11.1. The van der Waals surface area contributed by atoms with Crippen molar-refractivity contribution in [3.05, 3.63) is 105 Å². The highest BCUT2D eigenvalue weighted by atomic mass is 16.5. The van der Waals surface area contributed by atoms with Gasteiger partial charge >= 0.3 is 0 Å². The van der Waals surface area contributed by atoms with Gasteiger partial charge in [0.2, 0.25) is 0 Å². The molecule has 8 nitrogen and oxygen atoms in total. The number of methoxy groups -OCH3 is 6. The summed E-state index contributed by atoms with van der Waals surface area (Å²) in [7, 11) is 14.9. The van der Waals surface area contributed by atoms with Gasteiger partial charge in [-0.1, -0.05) is 18.2 Å². The maximum atomic E-state index is 6.20. The number of benzene rings is 4. The van der Waals surface area contributed by atoms with E-state index in [4.69, 9.17) is 28.4 Å². The van der Waals surface area contributed by atoms with Crippen LogP contribution in [0.4, 0.5) is 0 Å². The molecule has 0 amide bonds. The lowest BCUT2D eigenvalue weighted by molar-refractivity contribution is 0.227. The van der Waals surface area contributed by atoms with Gasteiger partial charge in [0.05, 0.1) is 48.7 Å². The molecule has 4 aromatic rings. The molecule has 0 radical (unpaired) electrons. The third kappa shape index (κ3) is 5.65. The molecular weight excluding hydrogens is 616 g/mol. The fourth-order valence-electron chi connectivity index (χ4n) is 8.68. The van der Waals surface area contributed by atoms with Crippen LogP contribution in [0.5, 0.6) is 34.5 Å². The summed E-state index contributed by atoms with van der Waals surface area (Å²) in [6.07, 6.45) is 3.36. The van der Waals surface area contributed by atoms with Gasteiger partial charge in [0.25, 0.3) is 0 Å². The quantitative estimate of drug-likeness (QED) is 0.184. The fraction of sp³-hybridized carbons (Fsp3) is 0.415. The fourth-order valence-corrected chi connectivity index (χ4v) is 8.68. The van der Waals surface area contributed by atoms with Crippen LogP contribution in [0.25, 0.3) is 0 Å². The minimum Gasteiger partial charge on any atom is -0.496 e. The first kappa shape index (κ1) is 33.1. The van der Waals surface area contributed by atoms with Crippen LogP contribution < -0.4 is 28.4 Å². The van der Waals surface area contributed by atoms with Gasteiger partial charge in [-0.2, -0.15) is 0 Å². The van der Waals surface area contributed by atoms with E-state index in [2.05, 4.69) is 66.4 Å². The van der Waals surface area contributed by atoms with E-state index < -0.39 is 0 Å². The molecule has 8 rings (SSSR count). The zero-order valence-electron chi connectivity index (χ0n) is 30.0. The van der Waals surface area contributed by atoms with Crippen molar-refractivity contribution in [2.75, 3.05) is 69.8 Å². The number of rotatable bonds is 10. The Hall–Kier alpha value is -4.40. The van der Waals surface area contributed by atoms with Crippen LogP contribution in [0.15, 0.2) is 54.6 Å². The van der Waals surface area contributed by atoms with Crippen LogP contribution in [0.2, 0.25) is 0 Å². The van der Waals surface area contributed by atoms with Gasteiger partial charge in [0.1, 0.15) is 11.5 Å². The number of para-hydroxylation sites is 1. The Kier molecular flexibility index (Phi) is 9.11. The van der Waals surface area contributed by atoms with E-state index in [1.54, 1.807) is 42.7 Å². The predicted molar refractivity (Wildman–Crippen MR) is 192 cm³/mol. The molecule has 8 heteroatoms. The first-order valence-electron chi connectivity index (χ1n) is 17.1. The smallest absolute Gasteiger partial charge is 0.164 e. The van der Waals surface area contributed by atoms with Crippen molar-refractivity contribution < 1.29 is 28.4 Å². The van der Waals surface area contributed by atoms with Crippen LogP contribution >= 0.6 is 0 Å². The molecule has 4 aromatic carbocycles. The lowest BCUT2D eigenvalue weighted by Crippen LogP contribution is -2.33. The molecule has 0 saturated heterocycles. The normalized spacial score (nSPS) is 19.7. The summed E-state index contributed by atoms with van der Waals surface area (Å²) in [5.74, 6) is 5.15. The SMILES string of the molecule is COc1cc2c(cc1Cc1c3c(cc(OC)c1OC)[C@@H]1c4cc(OC)c(OC)cc4[C@H](C3)CN1C)[C@H](Cc1ccccc1OC)N(C)CC2. The molecule has 0 fully saturated rings. The van der Waals surface area contributed by atoms with Gasteiger partial charge in [-0.3, -0.25) is 9.80 Å². The Morgan fingerprint density at radius 2 is 1.31 bits per heavy atom. The lowest BCUT2D eigenvalue weighted by atomic mass is 9.84. The zero-order chi connectivity index (χ0) is 34.4.